The highest BCUT2D eigenvalue weighted by atomic mass is 35.5. The molecule has 1 aromatic carbocycles. The summed E-state index contributed by atoms with van der Waals surface area (Å²) in [4.78, 5) is 40.1. The number of hydrogen-bond acceptors (Lipinski definition) is 4. The van der Waals surface area contributed by atoms with E-state index in [0.717, 1.165) is 0 Å². The van der Waals surface area contributed by atoms with Crippen molar-refractivity contribution in [2.45, 2.75) is 39.4 Å². The van der Waals surface area contributed by atoms with Crippen LogP contribution in [-0.4, -0.2) is 36.0 Å². The first-order valence-electron chi connectivity index (χ1n) is 9.35. The average Bonchev–Trinajstić information content (AvgIpc) is 3.26. The van der Waals surface area contributed by atoms with Crippen LogP contribution in [-0.2, 0) is 19.1 Å². The molecule has 3 amide bonds. The van der Waals surface area contributed by atoms with Gasteiger partial charge in [0.25, 0.3) is 0 Å². The number of benzene rings is 1. The molecule has 3 aliphatic rings. The van der Waals surface area contributed by atoms with Crippen molar-refractivity contribution in [2.24, 2.45) is 17.3 Å². The lowest BCUT2D eigenvalue weighted by atomic mass is 9.76. The van der Waals surface area contributed by atoms with E-state index in [1.54, 1.807) is 25.1 Å². The standard InChI is InChI=1S/C21H23ClN2O4/c1-11-12(22)6-5-7-13(11)24-17(25)15-14-8-9-21(28-14,16(15)18(24)26)10-23-19(27)20(2,3)4/h5-9,14-16H,10H2,1-4H3,(H,23,27). The minimum absolute atomic E-state index is 0.134. The summed E-state index contributed by atoms with van der Waals surface area (Å²) in [5.74, 6) is -1.96. The van der Waals surface area contributed by atoms with Gasteiger partial charge in [-0.25, -0.2) is 4.90 Å². The number of imide groups is 1. The molecule has 6 nitrogen and oxygen atoms in total. The van der Waals surface area contributed by atoms with E-state index in [0.29, 0.717) is 16.3 Å². The molecule has 4 unspecified atom stereocenters. The van der Waals surface area contributed by atoms with E-state index in [4.69, 9.17) is 16.3 Å². The Balaban J connectivity index is 1.66. The lowest BCUT2D eigenvalue weighted by Crippen LogP contribution is -2.50. The van der Waals surface area contributed by atoms with Gasteiger partial charge in [-0.3, -0.25) is 14.4 Å². The first-order chi connectivity index (χ1) is 13.1. The molecular weight excluding hydrogens is 380 g/mol. The molecule has 0 aliphatic carbocycles. The molecule has 4 atom stereocenters. The number of hydrogen-bond donors (Lipinski definition) is 1. The van der Waals surface area contributed by atoms with Gasteiger partial charge in [0.05, 0.1) is 30.2 Å². The molecule has 2 bridgehead atoms. The predicted molar refractivity (Wildman–Crippen MR) is 105 cm³/mol. The number of nitrogens with one attached hydrogen (secondary N) is 1. The van der Waals surface area contributed by atoms with Gasteiger partial charge in [0, 0.05) is 10.4 Å². The lowest BCUT2D eigenvalue weighted by Gasteiger charge is -2.30. The number of halogens is 1. The van der Waals surface area contributed by atoms with Gasteiger partial charge < -0.3 is 10.1 Å². The highest BCUT2D eigenvalue weighted by Gasteiger charge is 2.67. The normalized spacial score (nSPS) is 30.9. The maximum atomic E-state index is 13.3. The van der Waals surface area contributed by atoms with Crippen molar-refractivity contribution in [3.8, 4) is 0 Å². The van der Waals surface area contributed by atoms with Gasteiger partial charge in [0.1, 0.15) is 5.60 Å². The Hall–Kier alpha value is -2.18. The SMILES string of the molecule is Cc1c(Cl)cccc1N1C(=O)C2C3C=CC(CNC(=O)C(C)(C)C)(O3)C2C1=O. The van der Waals surface area contributed by atoms with E-state index in [9.17, 15) is 14.4 Å². The van der Waals surface area contributed by atoms with E-state index < -0.39 is 29.0 Å². The number of ether oxygens (including phenoxy) is 1. The van der Waals surface area contributed by atoms with Gasteiger partial charge in [0.15, 0.2) is 0 Å². The number of rotatable bonds is 3. The summed E-state index contributed by atoms with van der Waals surface area (Å²) in [6, 6.07) is 5.18. The second-order valence-corrected chi connectivity index (χ2v) is 9.14. The fraction of sp³-hybridized carbons (Fsp3) is 0.476. The highest BCUT2D eigenvalue weighted by Crippen LogP contribution is 2.52. The van der Waals surface area contributed by atoms with Crippen LogP contribution in [0.2, 0.25) is 5.02 Å². The summed E-state index contributed by atoms with van der Waals surface area (Å²) in [5, 5.41) is 3.39. The number of carbonyl (C=O) groups is 3. The molecule has 2 saturated heterocycles. The lowest BCUT2D eigenvalue weighted by molar-refractivity contribution is -0.132. The van der Waals surface area contributed by atoms with Crippen LogP contribution in [0.1, 0.15) is 26.3 Å². The molecule has 0 radical (unpaired) electrons. The quantitative estimate of drug-likeness (QED) is 0.623. The Morgan fingerprint density at radius 1 is 1.29 bits per heavy atom. The first-order valence-corrected chi connectivity index (χ1v) is 9.73. The van der Waals surface area contributed by atoms with Crippen LogP contribution in [0.3, 0.4) is 0 Å². The monoisotopic (exact) mass is 402 g/mol. The third-order valence-corrected chi connectivity index (χ3v) is 6.25. The van der Waals surface area contributed by atoms with E-state index in [2.05, 4.69) is 5.32 Å². The van der Waals surface area contributed by atoms with Crippen molar-refractivity contribution in [3.05, 3.63) is 40.9 Å². The van der Waals surface area contributed by atoms with Crippen LogP contribution in [0.25, 0.3) is 0 Å². The molecule has 3 heterocycles. The van der Waals surface area contributed by atoms with Crippen molar-refractivity contribution in [1.29, 1.82) is 0 Å². The van der Waals surface area contributed by atoms with Crippen molar-refractivity contribution >= 4 is 35.0 Å². The molecule has 7 heteroatoms. The van der Waals surface area contributed by atoms with E-state index >= 15 is 0 Å². The number of anilines is 1. The van der Waals surface area contributed by atoms with Gasteiger partial charge in [-0.1, -0.05) is 50.6 Å². The fourth-order valence-corrected chi connectivity index (χ4v) is 4.44. The van der Waals surface area contributed by atoms with Crippen LogP contribution < -0.4 is 10.2 Å². The third-order valence-electron chi connectivity index (χ3n) is 5.84. The molecule has 1 N–H and O–H groups in total. The number of nitrogens with zero attached hydrogens (tertiary/aromatic N) is 1. The summed E-state index contributed by atoms with van der Waals surface area (Å²) in [6.45, 7) is 7.40. The molecule has 2 fully saturated rings. The first kappa shape index (κ1) is 19.2. The zero-order chi connectivity index (χ0) is 20.4. The Kier molecular flexibility index (Phi) is 4.21. The van der Waals surface area contributed by atoms with E-state index in [1.807, 2.05) is 32.9 Å². The Labute approximate surface area is 168 Å². The van der Waals surface area contributed by atoms with Crippen molar-refractivity contribution < 1.29 is 19.1 Å². The summed E-state index contributed by atoms with van der Waals surface area (Å²) in [7, 11) is 0. The summed E-state index contributed by atoms with van der Waals surface area (Å²) in [5.41, 5.74) is -0.368. The minimum Gasteiger partial charge on any atom is -0.360 e. The molecule has 4 rings (SSSR count). The summed E-state index contributed by atoms with van der Waals surface area (Å²) < 4.78 is 6.05. The van der Waals surface area contributed by atoms with Crippen LogP contribution in [0.15, 0.2) is 30.4 Å². The molecule has 0 saturated carbocycles. The van der Waals surface area contributed by atoms with Gasteiger partial charge >= 0.3 is 0 Å². The van der Waals surface area contributed by atoms with Crippen LogP contribution in [0.5, 0.6) is 0 Å². The van der Waals surface area contributed by atoms with Gasteiger partial charge in [-0.2, -0.15) is 0 Å². The van der Waals surface area contributed by atoms with Gasteiger partial charge in [-0.05, 0) is 24.6 Å². The summed E-state index contributed by atoms with van der Waals surface area (Å²) >= 11 is 6.20. The molecule has 148 valence electrons. The zero-order valence-electron chi connectivity index (χ0n) is 16.3. The largest absolute Gasteiger partial charge is 0.360 e. The zero-order valence-corrected chi connectivity index (χ0v) is 17.0. The minimum atomic E-state index is -0.996. The highest BCUT2D eigenvalue weighted by molar-refractivity contribution is 6.32. The third kappa shape index (κ3) is 2.62. The van der Waals surface area contributed by atoms with Crippen LogP contribution >= 0.6 is 11.6 Å². The van der Waals surface area contributed by atoms with Crippen molar-refractivity contribution in [1.82, 2.24) is 5.32 Å². The van der Waals surface area contributed by atoms with E-state index in [-0.39, 0.29) is 24.3 Å². The second-order valence-electron chi connectivity index (χ2n) is 8.73. The molecule has 0 spiro atoms. The van der Waals surface area contributed by atoms with Gasteiger partial charge in [-0.15, -0.1) is 0 Å². The van der Waals surface area contributed by atoms with Crippen molar-refractivity contribution in [2.75, 3.05) is 11.4 Å². The predicted octanol–water partition coefficient (Wildman–Crippen LogP) is 2.62. The average molecular weight is 403 g/mol. The Bertz CT molecular complexity index is 919. The summed E-state index contributed by atoms with van der Waals surface area (Å²) in [6.07, 6.45) is 3.18. The number of amides is 3. The maximum Gasteiger partial charge on any atom is 0.241 e. The second kappa shape index (κ2) is 6.16. The Morgan fingerprint density at radius 3 is 2.68 bits per heavy atom. The van der Waals surface area contributed by atoms with Crippen molar-refractivity contribution in [3.63, 3.8) is 0 Å². The molecular formula is C21H23ClN2O4. The van der Waals surface area contributed by atoms with Gasteiger partial charge in [0.2, 0.25) is 17.7 Å². The molecule has 0 aromatic heterocycles. The van der Waals surface area contributed by atoms with Crippen LogP contribution in [0, 0.1) is 24.2 Å². The smallest absolute Gasteiger partial charge is 0.241 e. The topological polar surface area (TPSA) is 75.7 Å². The van der Waals surface area contributed by atoms with Crippen LogP contribution in [0.4, 0.5) is 5.69 Å². The molecule has 28 heavy (non-hydrogen) atoms. The fourth-order valence-electron chi connectivity index (χ4n) is 4.27. The van der Waals surface area contributed by atoms with E-state index in [1.165, 1.54) is 4.90 Å². The molecule has 1 aromatic rings. The number of carbonyl (C=O) groups excluding carboxylic acids is 3. The number of fused-ring (bicyclic) bond motifs is 5. The maximum absolute atomic E-state index is 13.3. The Morgan fingerprint density at radius 2 is 2.00 bits per heavy atom. The molecule has 3 aliphatic heterocycles.